The number of benzene rings is 2. The summed E-state index contributed by atoms with van der Waals surface area (Å²) in [6.07, 6.45) is 0. The summed E-state index contributed by atoms with van der Waals surface area (Å²) in [5, 5.41) is 0. The summed E-state index contributed by atoms with van der Waals surface area (Å²) in [6, 6.07) is 13.5. The zero-order valence-corrected chi connectivity index (χ0v) is 15.1. The van der Waals surface area contributed by atoms with Crippen molar-refractivity contribution in [1.82, 2.24) is 4.90 Å². The van der Waals surface area contributed by atoms with E-state index in [0.29, 0.717) is 6.54 Å². The maximum absolute atomic E-state index is 13.0. The van der Waals surface area contributed by atoms with Gasteiger partial charge in [-0.25, -0.2) is 4.39 Å². The molecular weight excluding hydrogens is 339 g/mol. The van der Waals surface area contributed by atoms with Crippen LogP contribution in [0.1, 0.15) is 12.5 Å². The van der Waals surface area contributed by atoms with Gasteiger partial charge in [-0.2, -0.15) is 0 Å². The van der Waals surface area contributed by atoms with Crippen molar-refractivity contribution in [3.05, 3.63) is 59.9 Å². The van der Waals surface area contributed by atoms with Crippen molar-refractivity contribution in [2.45, 2.75) is 23.1 Å². The Bertz CT molecular complexity index is 824. The molecule has 6 heteroatoms. The third-order valence-corrected chi connectivity index (χ3v) is 5.66. The molecule has 0 aromatic heterocycles. The van der Waals surface area contributed by atoms with Gasteiger partial charge in [-0.05, 0) is 36.8 Å². The summed E-state index contributed by atoms with van der Waals surface area (Å²) >= 11 is 1.28. The number of thioether (sulfide) groups is 1. The molecule has 0 saturated carbocycles. The summed E-state index contributed by atoms with van der Waals surface area (Å²) in [6.45, 7) is 1.98. The van der Waals surface area contributed by atoms with Crippen LogP contribution in [0.5, 0.6) is 0 Å². The molecule has 130 valence electrons. The number of carbonyl (C=O) groups excluding carboxylic acids is 2. The molecule has 0 fully saturated rings. The quantitative estimate of drug-likeness (QED) is 0.791. The van der Waals surface area contributed by atoms with E-state index < -0.39 is 4.75 Å². The molecule has 0 N–H and O–H groups in total. The van der Waals surface area contributed by atoms with Crippen molar-refractivity contribution in [1.29, 1.82) is 0 Å². The highest BCUT2D eigenvalue weighted by molar-refractivity contribution is 8.02. The molecule has 1 atom stereocenters. The smallest absolute Gasteiger partial charge is 0.252 e. The minimum absolute atomic E-state index is 0.243. The van der Waals surface area contributed by atoms with Gasteiger partial charge in [0.15, 0.2) is 4.75 Å². The molecule has 1 aliphatic heterocycles. The van der Waals surface area contributed by atoms with Gasteiger partial charge in [0.1, 0.15) is 5.82 Å². The van der Waals surface area contributed by atoms with E-state index in [1.807, 2.05) is 24.3 Å². The number of para-hydroxylation sites is 1. The molecule has 2 amide bonds. The highest BCUT2D eigenvalue weighted by Gasteiger charge is 2.49. The maximum Gasteiger partial charge on any atom is 0.252 e. The fraction of sp³-hybridized carbons (Fsp3) is 0.263. The Kier molecular flexibility index (Phi) is 4.56. The lowest BCUT2D eigenvalue weighted by molar-refractivity contribution is -0.137. The zero-order valence-electron chi connectivity index (χ0n) is 14.3. The first-order valence-corrected chi connectivity index (χ1v) is 8.71. The SMILES string of the molecule is CN(Cc1ccc(F)cc1)C(=O)C1(C)Sc2ccccc2N(C)C1=O. The summed E-state index contributed by atoms with van der Waals surface area (Å²) in [5.74, 6) is -0.832. The topological polar surface area (TPSA) is 40.6 Å². The van der Waals surface area contributed by atoms with Crippen LogP contribution in [0.15, 0.2) is 53.4 Å². The first kappa shape index (κ1) is 17.5. The Hall–Kier alpha value is -2.34. The van der Waals surface area contributed by atoms with Crippen molar-refractivity contribution in [3.63, 3.8) is 0 Å². The number of rotatable bonds is 3. The van der Waals surface area contributed by atoms with E-state index in [4.69, 9.17) is 0 Å². The summed E-state index contributed by atoms with van der Waals surface area (Å²) in [5.41, 5.74) is 1.62. The van der Waals surface area contributed by atoms with Crippen LogP contribution in [-0.2, 0) is 16.1 Å². The maximum atomic E-state index is 13.0. The van der Waals surface area contributed by atoms with Gasteiger partial charge in [0.2, 0.25) is 5.91 Å². The van der Waals surface area contributed by atoms with E-state index in [1.54, 1.807) is 33.2 Å². The minimum Gasteiger partial charge on any atom is -0.340 e. The van der Waals surface area contributed by atoms with Crippen molar-refractivity contribution in [2.24, 2.45) is 0 Å². The summed E-state index contributed by atoms with van der Waals surface area (Å²) < 4.78 is 11.8. The average Bonchev–Trinajstić information content (AvgIpc) is 2.61. The van der Waals surface area contributed by atoms with Crippen LogP contribution in [-0.4, -0.2) is 35.6 Å². The van der Waals surface area contributed by atoms with E-state index in [9.17, 15) is 14.0 Å². The number of anilines is 1. The molecule has 3 rings (SSSR count). The van der Waals surface area contributed by atoms with E-state index in [1.165, 1.54) is 33.7 Å². The van der Waals surface area contributed by atoms with Crippen LogP contribution in [0.3, 0.4) is 0 Å². The third kappa shape index (κ3) is 3.14. The Labute approximate surface area is 150 Å². The molecule has 0 spiro atoms. The number of hydrogen-bond acceptors (Lipinski definition) is 3. The standard InChI is InChI=1S/C19H19FN2O2S/c1-19(17(23)21(2)12-13-8-10-14(20)11-9-13)18(24)22(3)15-6-4-5-7-16(15)25-19/h4-11H,12H2,1-3H3. The fourth-order valence-electron chi connectivity index (χ4n) is 2.95. The Morgan fingerprint density at radius 2 is 1.84 bits per heavy atom. The zero-order chi connectivity index (χ0) is 18.2. The van der Waals surface area contributed by atoms with Gasteiger partial charge < -0.3 is 9.80 Å². The van der Waals surface area contributed by atoms with Gasteiger partial charge in [0.25, 0.3) is 5.91 Å². The van der Waals surface area contributed by atoms with Crippen molar-refractivity contribution < 1.29 is 14.0 Å². The monoisotopic (exact) mass is 358 g/mol. The number of amides is 2. The molecule has 2 aromatic rings. The summed E-state index contributed by atoms with van der Waals surface area (Å²) in [7, 11) is 3.34. The van der Waals surface area contributed by atoms with Crippen LogP contribution in [0.25, 0.3) is 0 Å². The number of halogens is 1. The molecule has 1 heterocycles. The van der Waals surface area contributed by atoms with Gasteiger partial charge in [-0.3, -0.25) is 9.59 Å². The fourth-order valence-corrected chi connectivity index (χ4v) is 4.31. The lowest BCUT2D eigenvalue weighted by Crippen LogP contribution is -2.55. The molecule has 2 aromatic carbocycles. The molecule has 0 aliphatic carbocycles. The van der Waals surface area contributed by atoms with Crippen molar-refractivity contribution >= 4 is 29.3 Å². The van der Waals surface area contributed by atoms with Crippen LogP contribution in [0.4, 0.5) is 10.1 Å². The highest BCUT2D eigenvalue weighted by atomic mass is 32.2. The second-order valence-corrected chi connectivity index (χ2v) is 7.72. The number of nitrogens with zero attached hydrogens (tertiary/aromatic N) is 2. The molecule has 0 bridgehead atoms. The van der Waals surface area contributed by atoms with Crippen molar-refractivity contribution in [2.75, 3.05) is 19.0 Å². The van der Waals surface area contributed by atoms with Gasteiger partial charge in [-0.1, -0.05) is 36.0 Å². The molecule has 25 heavy (non-hydrogen) atoms. The van der Waals surface area contributed by atoms with Crippen molar-refractivity contribution in [3.8, 4) is 0 Å². The van der Waals surface area contributed by atoms with Gasteiger partial charge in [0, 0.05) is 25.5 Å². The molecular formula is C19H19FN2O2S. The third-order valence-electron chi connectivity index (χ3n) is 4.34. The largest absolute Gasteiger partial charge is 0.340 e. The average molecular weight is 358 g/mol. The van der Waals surface area contributed by atoms with E-state index >= 15 is 0 Å². The van der Waals surface area contributed by atoms with Gasteiger partial charge in [-0.15, -0.1) is 0 Å². The summed E-state index contributed by atoms with van der Waals surface area (Å²) in [4.78, 5) is 29.9. The molecule has 1 aliphatic rings. The van der Waals surface area contributed by atoms with E-state index in [2.05, 4.69) is 0 Å². The predicted molar refractivity (Wildman–Crippen MR) is 97.0 cm³/mol. The van der Waals surface area contributed by atoms with Gasteiger partial charge >= 0.3 is 0 Å². The lowest BCUT2D eigenvalue weighted by atomic mass is 10.1. The highest BCUT2D eigenvalue weighted by Crippen LogP contribution is 2.45. The van der Waals surface area contributed by atoms with Crippen LogP contribution in [0.2, 0.25) is 0 Å². The predicted octanol–water partition coefficient (Wildman–Crippen LogP) is 3.31. The molecule has 4 nitrogen and oxygen atoms in total. The molecule has 0 radical (unpaired) electrons. The van der Waals surface area contributed by atoms with E-state index in [-0.39, 0.29) is 17.6 Å². The molecule has 0 saturated heterocycles. The Morgan fingerprint density at radius 1 is 1.20 bits per heavy atom. The number of carbonyl (C=O) groups is 2. The first-order chi connectivity index (χ1) is 11.8. The van der Waals surface area contributed by atoms with Crippen LogP contribution < -0.4 is 4.90 Å². The second-order valence-electron chi connectivity index (χ2n) is 6.25. The Morgan fingerprint density at radius 3 is 2.52 bits per heavy atom. The second kappa shape index (κ2) is 6.52. The number of fused-ring (bicyclic) bond motifs is 1. The van der Waals surface area contributed by atoms with Gasteiger partial charge in [0.05, 0.1) is 5.69 Å². The first-order valence-electron chi connectivity index (χ1n) is 7.89. The normalized spacial score (nSPS) is 19.5. The Balaban J connectivity index is 1.85. The number of hydrogen-bond donors (Lipinski definition) is 0. The van der Waals surface area contributed by atoms with E-state index in [0.717, 1.165) is 16.1 Å². The minimum atomic E-state index is -1.22. The van der Waals surface area contributed by atoms with Crippen LogP contribution >= 0.6 is 11.8 Å². The molecule has 1 unspecified atom stereocenters. The lowest BCUT2D eigenvalue weighted by Gasteiger charge is -2.38. The van der Waals surface area contributed by atoms with Crippen LogP contribution in [0, 0.1) is 5.82 Å².